The number of amidine groups is 1. The number of hydrogen-bond donors (Lipinski definition) is 1. The average Bonchev–Trinajstić information content (AvgIpc) is 3.07. The summed E-state index contributed by atoms with van der Waals surface area (Å²) in [5, 5.41) is 9.66. The van der Waals surface area contributed by atoms with E-state index in [2.05, 4.69) is 43.5 Å². The number of thioether (sulfide) groups is 1. The number of likely N-dealkylation sites (N-methyl/N-ethyl adjacent to an activating group) is 1. The maximum absolute atomic E-state index is 12.7. The number of rotatable bonds is 6. The highest BCUT2D eigenvalue weighted by molar-refractivity contribution is 14.1. The van der Waals surface area contributed by atoms with Crippen LogP contribution < -0.4 is 4.74 Å². The Kier molecular flexibility index (Phi) is 7.74. The molecule has 0 atom stereocenters. The third-order valence-corrected chi connectivity index (χ3v) is 7.28. The molecule has 34 heavy (non-hydrogen) atoms. The summed E-state index contributed by atoms with van der Waals surface area (Å²) in [6.45, 7) is 0.456. The van der Waals surface area contributed by atoms with Crippen LogP contribution in [-0.2, 0) is 11.4 Å². The van der Waals surface area contributed by atoms with Gasteiger partial charge in [-0.05, 0) is 110 Å². The Morgan fingerprint density at radius 2 is 1.94 bits per heavy atom. The summed E-state index contributed by atoms with van der Waals surface area (Å²) in [5.74, 6) is -0.486. The number of halogens is 2. The Bertz CT molecular complexity index is 1320. The molecular formula is C25H18BrIN2O4S. The lowest BCUT2D eigenvalue weighted by Crippen LogP contribution is -2.23. The van der Waals surface area contributed by atoms with Crippen LogP contribution in [0.4, 0.5) is 5.69 Å². The van der Waals surface area contributed by atoms with Gasteiger partial charge in [-0.25, -0.2) is 9.79 Å². The lowest BCUT2D eigenvalue weighted by molar-refractivity contribution is -0.121. The van der Waals surface area contributed by atoms with E-state index in [1.165, 1.54) is 32.4 Å². The quantitative estimate of drug-likeness (QED) is 0.242. The number of carboxylic acids is 1. The van der Waals surface area contributed by atoms with E-state index in [0.29, 0.717) is 28.1 Å². The third-order valence-electron chi connectivity index (χ3n) is 4.88. The molecule has 1 saturated heterocycles. The number of benzene rings is 3. The number of aromatic carboxylic acids is 1. The predicted octanol–water partition coefficient (Wildman–Crippen LogP) is 6.56. The van der Waals surface area contributed by atoms with E-state index in [1.54, 1.807) is 25.3 Å². The zero-order valence-corrected chi connectivity index (χ0v) is 22.4. The van der Waals surface area contributed by atoms with Crippen molar-refractivity contribution in [3.63, 3.8) is 0 Å². The smallest absolute Gasteiger partial charge is 0.335 e. The van der Waals surface area contributed by atoms with Crippen LogP contribution in [0.5, 0.6) is 5.75 Å². The van der Waals surface area contributed by atoms with Crippen LogP contribution in [0.25, 0.3) is 6.08 Å². The number of carbonyl (C=O) groups is 2. The summed E-state index contributed by atoms with van der Waals surface area (Å²) in [4.78, 5) is 30.4. The van der Waals surface area contributed by atoms with Gasteiger partial charge in [0.2, 0.25) is 0 Å². The lowest BCUT2D eigenvalue weighted by Gasteiger charge is -2.09. The van der Waals surface area contributed by atoms with E-state index in [1.807, 2.05) is 42.5 Å². The molecule has 1 amide bonds. The number of aliphatic imine (C=N–C) groups is 1. The molecule has 6 nitrogen and oxygen atoms in total. The van der Waals surface area contributed by atoms with Crippen LogP contribution in [0, 0.1) is 3.57 Å². The van der Waals surface area contributed by atoms with Gasteiger partial charge in [0.05, 0.1) is 20.6 Å². The first-order valence-corrected chi connectivity index (χ1v) is 12.8. The van der Waals surface area contributed by atoms with Crippen molar-refractivity contribution in [1.82, 2.24) is 4.90 Å². The molecule has 1 fully saturated rings. The van der Waals surface area contributed by atoms with Crippen LogP contribution in [0.1, 0.15) is 21.5 Å². The largest absolute Gasteiger partial charge is 0.488 e. The van der Waals surface area contributed by atoms with Gasteiger partial charge in [-0.15, -0.1) is 0 Å². The van der Waals surface area contributed by atoms with Crippen LogP contribution >= 0.6 is 50.3 Å². The standard InChI is InChI=1S/C25H18BrIN2O4S/c1-29-23(30)22(34-25(29)28-19-4-2-3-17(13-19)24(31)32)12-16-7-10-21(20(26)11-16)33-14-15-5-8-18(27)9-6-15/h2-13H,14H2,1H3,(H,31,32). The Morgan fingerprint density at radius 1 is 1.18 bits per heavy atom. The predicted molar refractivity (Wildman–Crippen MR) is 146 cm³/mol. The van der Waals surface area contributed by atoms with Crippen LogP contribution in [-0.4, -0.2) is 34.1 Å². The van der Waals surface area contributed by atoms with Crippen molar-refractivity contribution in [2.75, 3.05) is 7.05 Å². The highest BCUT2D eigenvalue weighted by atomic mass is 127. The molecule has 0 aromatic heterocycles. The van der Waals surface area contributed by atoms with Crippen LogP contribution in [0.3, 0.4) is 0 Å². The minimum absolute atomic E-state index is 0.142. The molecule has 0 saturated carbocycles. The van der Waals surface area contributed by atoms with Gasteiger partial charge < -0.3 is 9.84 Å². The molecule has 0 unspecified atom stereocenters. The fraction of sp³-hybridized carbons (Fsp3) is 0.0800. The first-order valence-electron chi connectivity index (χ1n) is 10.1. The third kappa shape index (κ3) is 5.89. The monoisotopic (exact) mass is 648 g/mol. The molecule has 3 aromatic carbocycles. The zero-order valence-electron chi connectivity index (χ0n) is 17.9. The molecule has 1 aliphatic heterocycles. The molecular weight excluding hydrogens is 631 g/mol. The molecule has 4 rings (SSSR count). The first kappa shape index (κ1) is 24.5. The average molecular weight is 649 g/mol. The van der Waals surface area contributed by atoms with E-state index in [9.17, 15) is 14.7 Å². The number of carbonyl (C=O) groups excluding carboxylic acids is 1. The zero-order chi connectivity index (χ0) is 24.2. The molecule has 1 aliphatic rings. The van der Waals surface area contributed by atoms with Crippen molar-refractivity contribution >= 4 is 79.1 Å². The minimum Gasteiger partial charge on any atom is -0.488 e. The maximum atomic E-state index is 12.7. The number of ether oxygens (including phenoxy) is 1. The van der Waals surface area contributed by atoms with E-state index in [-0.39, 0.29) is 11.5 Å². The molecule has 1 N–H and O–H groups in total. The summed E-state index contributed by atoms with van der Waals surface area (Å²) in [7, 11) is 1.65. The topological polar surface area (TPSA) is 79.2 Å². The number of hydrogen-bond acceptors (Lipinski definition) is 5. The minimum atomic E-state index is -1.03. The van der Waals surface area contributed by atoms with Crippen molar-refractivity contribution in [1.29, 1.82) is 0 Å². The second-order valence-corrected chi connectivity index (χ2v) is 10.4. The number of amides is 1. The highest BCUT2D eigenvalue weighted by Gasteiger charge is 2.30. The molecule has 172 valence electrons. The van der Waals surface area contributed by atoms with Gasteiger partial charge in [0.1, 0.15) is 12.4 Å². The van der Waals surface area contributed by atoms with E-state index in [0.717, 1.165) is 15.6 Å². The van der Waals surface area contributed by atoms with Gasteiger partial charge in [0.15, 0.2) is 5.17 Å². The lowest BCUT2D eigenvalue weighted by atomic mass is 10.2. The molecule has 0 spiro atoms. The first-order chi connectivity index (χ1) is 16.3. The van der Waals surface area contributed by atoms with Gasteiger partial charge in [-0.1, -0.05) is 24.3 Å². The van der Waals surface area contributed by atoms with Crippen LogP contribution in [0.2, 0.25) is 0 Å². The second kappa shape index (κ2) is 10.7. The Hall–Kier alpha value is -2.63. The second-order valence-electron chi connectivity index (χ2n) is 7.33. The van der Waals surface area contributed by atoms with E-state index in [4.69, 9.17) is 4.74 Å². The van der Waals surface area contributed by atoms with Gasteiger partial charge in [0.25, 0.3) is 5.91 Å². The summed E-state index contributed by atoms with van der Waals surface area (Å²) >= 11 is 7.06. The van der Waals surface area contributed by atoms with E-state index < -0.39 is 5.97 Å². The molecule has 0 bridgehead atoms. The summed E-state index contributed by atoms with van der Waals surface area (Å²) in [6.07, 6.45) is 1.80. The molecule has 0 radical (unpaired) electrons. The Morgan fingerprint density at radius 3 is 2.65 bits per heavy atom. The highest BCUT2D eigenvalue weighted by Crippen LogP contribution is 2.35. The van der Waals surface area contributed by atoms with Crippen molar-refractivity contribution in [3.8, 4) is 5.75 Å². The Labute approximate surface area is 223 Å². The van der Waals surface area contributed by atoms with Crippen molar-refractivity contribution in [2.45, 2.75) is 6.61 Å². The summed E-state index contributed by atoms with van der Waals surface area (Å²) < 4.78 is 7.89. The van der Waals surface area contributed by atoms with Crippen LogP contribution in [0.15, 0.2) is 81.1 Å². The fourth-order valence-corrected chi connectivity index (χ4v) is 4.94. The van der Waals surface area contributed by atoms with Crippen molar-refractivity contribution < 1.29 is 19.4 Å². The number of nitrogens with zero attached hydrogens (tertiary/aromatic N) is 2. The van der Waals surface area contributed by atoms with E-state index >= 15 is 0 Å². The molecule has 0 aliphatic carbocycles. The number of carboxylic acid groups (broad SMARTS) is 1. The SMILES string of the molecule is CN1C(=O)C(=Cc2ccc(OCc3ccc(I)cc3)c(Br)c2)SC1=Nc1cccc(C(=O)O)c1. The Balaban J connectivity index is 1.49. The normalized spacial score (nSPS) is 15.9. The summed E-state index contributed by atoms with van der Waals surface area (Å²) in [5.41, 5.74) is 2.53. The van der Waals surface area contributed by atoms with Gasteiger partial charge in [-0.3, -0.25) is 9.69 Å². The van der Waals surface area contributed by atoms with Gasteiger partial charge in [-0.2, -0.15) is 0 Å². The fourth-order valence-electron chi connectivity index (χ4n) is 3.09. The van der Waals surface area contributed by atoms with Gasteiger partial charge in [0, 0.05) is 10.6 Å². The molecule has 9 heteroatoms. The van der Waals surface area contributed by atoms with Crippen molar-refractivity contribution in [3.05, 3.63) is 96.4 Å². The molecule has 3 aromatic rings. The van der Waals surface area contributed by atoms with Gasteiger partial charge >= 0.3 is 5.97 Å². The summed E-state index contributed by atoms with van der Waals surface area (Å²) in [6, 6.07) is 20.1. The maximum Gasteiger partial charge on any atom is 0.335 e. The van der Waals surface area contributed by atoms with Crippen molar-refractivity contribution in [2.24, 2.45) is 4.99 Å². The molecule has 1 heterocycles.